The molecule has 6 rings (SSSR count). The molecule has 3 heterocycles. The molecule has 2 aromatic heterocycles. The maximum atomic E-state index is 12.9. The molecule has 0 radical (unpaired) electrons. The third kappa shape index (κ3) is 5.18. The summed E-state index contributed by atoms with van der Waals surface area (Å²) in [7, 11) is 1.61. The van der Waals surface area contributed by atoms with E-state index in [2.05, 4.69) is 32.8 Å². The molecule has 1 fully saturated rings. The molecule has 0 N–H and O–H groups in total. The number of rotatable bonds is 7. The smallest absolute Gasteiger partial charge is 0.260 e. The number of amides is 1. The van der Waals surface area contributed by atoms with Gasteiger partial charge in [0.2, 0.25) is 0 Å². The first-order valence-electron chi connectivity index (χ1n) is 13.1. The van der Waals surface area contributed by atoms with E-state index in [9.17, 15) is 4.79 Å². The van der Waals surface area contributed by atoms with E-state index in [-0.39, 0.29) is 12.5 Å². The highest BCUT2D eigenvalue weighted by molar-refractivity contribution is 6.30. The molecule has 5 aromatic rings. The number of piperazine rings is 1. The molecule has 0 bridgehead atoms. The van der Waals surface area contributed by atoms with E-state index in [1.807, 2.05) is 59.5 Å². The number of fused-ring (bicyclic) bond motifs is 1. The summed E-state index contributed by atoms with van der Waals surface area (Å²) in [4.78, 5) is 26.4. The number of carbonyl (C=O) groups is 1. The monoisotopic (exact) mass is 553 g/mol. The zero-order valence-corrected chi connectivity index (χ0v) is 22.8. The van der Waals surface area contributed by atoms with E-state index >= 15 is 0 Å². The number of ether oxygens (including phenoxy) is 2. The summed E-state index contributed by atoms with van der Waals surface area (Å²) < 4.78 is 12.9. The van der Waals surface area contributed by atoms with Crippen molar-refractivity contribution < 1.29 is 14.3 Å². The number of methoxy groups -OCH3 is 1. The van der Waals surface area contributed by atoms with Gasteiger partial charge in [-0.1, -0.05) is 48.0 Å². The van der Waals surface area contributed by atoms with E-state index < -0.39 is 0 Å². The number of anilines is 1. The van der Waals surface area contributed by atoms with Crippen molar-refractivity contribution in [2.45, 2.75) is 0 Å². The Labute approximate surface area is 237 Å². The molecule has 3 aromatic carbocycles. The van der Waals surface area contributed by atoms with Crippen LogP contribution in [0.1, 0.15) is 0 Å². The second-order valence-corrected chi connectivity index (χ2v) is 9.92. The van der Waals surface area contributed by atoms with Crippen LogP contribution in [-0.2, 0) is 4.79 Å². The van der Waals surface area contributed by atoms with Crippen LogP contribution in [-0.4, -0.2) is 65.2 Å². The zero-order chi connectivity index (χ0) is 27.5. The second-order valence-electron chi connectivity index (χ2n) is 9.49. The fourth-order valence-electron chi connectivity index (χ4n) is 5.02. The molecule has 202 valence electrons. The van der Waals surface area contributed by atoms with Gasteiger partial charge in [0.1, 0.15) is 23.6 Å². The van der Waals surface area contributed by atoms with Crippen LogP contribution in [0.25, 0.3) is 27.8 Å². The number of benzene rings is 3. The SMILES string of the molecule is COc1ccc(OCC(=O)N2CCN(c3ncnc4c3c(-c3ccccc3)cn4-c3cccc(Cl)c3)CC2)cc1. The Morgan fingerprint density at radius 1 is 0.900 bits per heavy atom. The molecule has 0 saturated carbocycles. The largest absolute Gasteiger partial charge is 0.497 e. The van der Waals surface area contributed by atoms with E-state index in [0.29, 0.717) is 37.0 Å². The molecule has 1 saturated heterocycles. The Kier molecular flexibility index (Phi) is 7.25. The van der Waals surface area contributed by atoms with Gasteiger partial charge in [-0.05, 0) is 48.0 Å². The van der Waals surface area contributed by atoms with Crippen molar-refractivity contribution in [2.24, 2.45) is 0 Å². The number of halogens is 1. The van der Waals surface area contributed by atoms with Gasteiger partial charge in [0.15, 0.2) is 12.3 Å². The van der Waals surface area contributed by atoms with Crippen LogP contribution in [0.3, 0.4) is 0 Å². The van der Waals surface area contributed by atoms with Gasteiger partial charge in [-0.2, -0.15) is 0 Å². The Morgan fingerprint density at radius 3 is 2.38 bits per heavy atom. The van der Waals surface area contributed by atoms with Crippen LogP contribution in [0.2, 0.25) is 5.02 Å². The molecule has 0 aliphatic carbocycles. The lowest BCUT2D eigenvalue weighted by Crippen LogP contribution is -2.50. The van der Waals surface area contributed by atoms with Crippen molar-refractivity contribution in [3.05, 3.63) is 96.4 Å². The first-order valence-corrected chi connectivity index (χ1v) is 13.5. The Hall–Kier alpha value is -4.56. The van der Waals surface area contributed by atoms with Crippen LogP contribution in [0.15, 0.2) is 91.4 Å². The summed E-state index contributed by atoms with van der Waals surface area (Å²) in [5, 5.41) is 1.63. The highest BCUT2D eigenvalue weighted by atomic mass is 35.5. The topological polar surface area (TPSA) is 72.7 Å². The van der Waals surface area contributed by atoms with Gasteiger partial charge in [0.05, 0.1) is 12.5 Å². The standard InChI is InChI=1S/C31H28ClN5O3/c1-39-25-10-12-26(13-11-25)40-20-28(38)35-14-16-36(17-15-35)30-29-27(22-6-3-2-4-7-22)19-37(31(29)34-21-33-30)24-9-5-8-23(32)18-24/h2-13,18-19,21H,14-17,20H2,1H3. The minimum absolute atomic E-state index is 0.00920. The third-order valence-corrected chi connectivity index (χ3v) is 7.32. The number of hydrogen-bond acceptors (Lipinski definition) is 6. The Bertz CT molecular complexity index is 1630. The molecular formula is C31H28ClN5O3. The summed E-state index contributed by atoms with van der Waals surface area (Å²) in [6.07, 6.45) is 3.70. The van der Waals surface area contributed by atoms with Crippen molar-refractivity contribution in [3.63, 3.8) is 0 Å². The first kappa shape index (κ1) is 25.7. The molecule has 0 atom stereocenters. The van der Waals surface area contributed by atoms with Gasteiger partial charge in [-0.25, -0.2) is 9.97 Å². The highest BCUT2D eigenvalue weighted by Crippen LogP contribution is 2.37. The average Bonchev–Trinajstić information content (AvgIpc) is 3.41. The predicted octanol–water partition coefficient (Wildman–Crippen LogP) is 5.48. The van der Waals surface area contributed by atoms with Gasteiger partial charge in [-0.3, -0.25) is 4.79 Å². The summed E-state index contributed by atoms with van der Waals surface area (Å²) in [6, 6.07) is 25.2. The zero-order valence-electron chi connectivity index (χ0n) is 22.0. The molecule has 9 heteroatoms. The number of hydrogen-bond donors (Lipinski definition) is 0. The van der Waals surface area contributed by atoms with Crippen molar-refractivity contribution in [3.8, 4) is 28.3 Å². The molecule has 0 unspecified atom stereocenters. The van der Waals surface area contributed by atoms with E-state index in [0.717, 1.165) is 39.4 Å². The van der Waals surface area contributed by atoms with Crippen molar-refractivity contribution in [1.29, 1.82) is 0 Å². The lowest BCUT2D eigenvalue weighted by atomic mass is 10.1. The number of carbonyl (C=O) groups excluding carboxylic acids is 1. The molecule has 1 amide bonds. The molecule has 40 heavy (non-hydrogen) atoms. The lowest BCUT2D eigenvalue weighted by molar-refractivity contribution is -0.133. The van der Waals surface area contributed by atoms with Crippen LogP contribution in [0.5, 0.6) is 11.5 Å². The van der Waals surface area contributed by atoms with Crippen LogP contribution < -0.4 is 14.4 Å². The molecule has 8 nitrogen and oxygen atoms in total. The van der Waals surface area contributed by atoms with Gasteiger partial charge >= 0.3 is 0 Å². The van der Waals surface area contributed by atoms with Crippen LogP contribution in [0.4, 0.5) is 5.82 Å². The molecule has 0 spiro atoms. The average molecular weight is 554 g/mol. The van der Waals surface area contributed by atoms with Gasteiger partial charge in [-0.15, -0.1) is 0 Å². The van der Waals surface area contributed by atoms with Crippen molar-refractivity contribution >= 4 is 34.4 Å². The van der Waals surface area contributed by atoms with Crippen molar-refractivity contribution in [1.82, 2.24) is 19.4 Å². The number of aromatic nitrogens is 3. The van der Waals surface area contributed by atoms with Crippen molar-refractivity contribution in [2.75, 3.05) is 44.8 Å². The molecular weight excluding hydrogens is 526 g/mol. The minimum Gasteiger partial charge on any atom is -0.497 e. The summed E-state index contributed by atoms with van der Waals surface area (Å²) in [5.41, 5.74) is 3.85. The van der Waals surface area contributed by atoms with Gasteiger partial charge in [0.25, 0.3) is 5.91 Å². The van der Waals surface area contributed by atoms with Gasteiger partial charge < -0.3 is 23.8 Å². The normalized spacial score (nSPS) is 13.4. The molecule has 1 aliphatic heterocycles. The fraction of sp³-hybridized carbons (Fsp3) is 0.194. The van der Waals surface area contributed by atoms with Gasteiger partial charge in [0, 0.05) is 48.6 Å². The lowest BCUT2D eigenvalue weighted by Gasteiger charge is -2.35. The summed E-state index contributed by atoms with van der Waals surface area (Å²) in [6.45, 7) is 2.44. The quantitative estimate of drug-likeness (QED) is 0.266. The summed E-state index contributed by atoms with van der Waals surface area (Å²) in [5.74, 6) is 2.19. The highest BCUT2D eigenvalue weighted by Gasteiger charge is 2.26. The van der Waals surface area contributed by atoms with Crippen LogP contribution >= 0.6 is 11.6 Å². The Morgan fingerprint density at radius 2 is 1.65 bits per heavy atom. The van der Waals surface area contributed by atoms with E-state index in [4.69, 9.17) is 26.1 Å². The Balaban J connectivity index is 1.24. The number of nitrogens with zero attached hydrogens (tertiary/aromatic N) is 5. The van der Waals surface area contributed by atoms with Crippen LogP contribution in [0, 0.1) is 0 Å². The third-order valence-electron chi connectivity index (χ3n) is 7.09. The molecule has 1 aliphatic rings. The fourth-order valence-corrected chi connectivity index (χ4v) is 5.21. The minimum atomic E-state index is -0.0413. The maximum absolute atomic E-state index is 12.9. The predicted molar refractivity (Wildman–Crippen MR) is 157 cm³/mol. The van der Waals surface area contributed by atoms with E-state index in [1.54, 1.807) is 25.6 Å². The maximum Gasteiger partial charge on any atom is 0.260 e. The first-order chi connectivity index (χ1) is 19.6. The second kappa shape index (κ2) is 11.3. The summed E-state index contributed by atoms with van der Waals surface area (Å²) >= 11 is 6.33. The van der Waals surface area contributed by atoms with E-state index in [1.165, 1.54) is 0 Å².